The molecule has 0 aromatic heterocycles. The van der Waals surface area contributed by atoms with Gasteiger partial charge in [0, 0.05) is 6.04 Å². The first-order valence-electron chi connectivity index (χ1n) is 6.66. The Bertz CT molecular complexity index is 223. The molecule has 3 nitrogen and oxygen atoms in total. The van der Waals surface area contributed by atoms with E-state index >= 15 is 0 Å². The third-order valence-corrected chi connectivity index (χ3v) is 4.30. The number of thioether (sulfide) groups is 1. The van der Waals surface area contributed by atoms with E-state index in [1.54, 1.807) is 0 Å². The smallest absolute Gasteiger partial charge is 0.307 e. The molecule has 0 amide bonds. The molecule has 17 heavy (non-hydrogen) atoms. The van der Waals surface area contributed by atoms with Crippen LogP contribution in [-0.4, -0.2) is 48.6 Å². The summed E-state index contributed by atoms with van der Waals surface area (Å²) in [6.45, 7) is 4.48. The molecule has 0 spiro atoms. The quantitative estimate of drug-likeness (QED) is 0.519. The molecule has 1 aliphatic heterocycles. The van der Waals surface area contributed by atoms with E-state index in [4.69, 9.17) is 4.74 Å². The lowest BCUT2D eigenvalue weighted by Gasteiger charge is -2.35. The van der Waals surface area contributed by atoms with Crippen LogP contribution in [-0.2, 0) is 9.53 Å². The molecule has 4 heteroatoms. The van der Waals surface area contributed by atoms with Crippen molar-refractivity contribution < 1.29 is 9.53 Å². The maximum atomic E-state index is 11.3. The standard InChI is InChI=1S/C13H25NO2S/c1-3-17-10-6-9-14-8-5-4-7-12(14)11-13(15)16-2/h12H,3-11H2,1-2H3. The predicted octanol–water partition coefficient (Wildman–Crippen LogP) is 2.55. The van der Waals surface area contributed by atoms with Crippen molar-refractivity contribution in [3.05, 3.63) is 0 Å². The number of nitrogens with zero attached hydrogens (tertiary/aromatic N) is 1. The molecule has 1 heterocycles. The summed E-state index contributed by atoms with van der Waals surface area (Å²) in [6.07, 6.45) is 5.48. The van der Waals surface area contributed by atoms with Crippen LogP contribution in [0.1, 0.15) is 39.0 Å². The van der Waals surface area contributed by atoms with Gasteiger partial charge >= 0.3 is 5.97 Å². The van der Waals surface area contributed by atoms with Gasteiger partial charge in [-0.15, -0.1) is 0 Å². The van der Waals surface area contributed by atoms with Gasteiger partial charge in [-0.2, -0.15) is 11.8 Å². The lowest BCUT2D eigenvalue weighted by molar-refractivity contribution is -0.142. The summed E-state index contributed by atoms with van der Waals surface area (Å²) < 4.78 is 4.77. The molecule has 1 unspecified atom stereocenters. The number of rotatable bonds is 7. The molecule has 0 N–H and O–H groups in total. The Morgan fingerprint density at radius 2 is 2.29 bits per heavy atom. The number of carbonyl (C=O) groups is 1. The van der Waals surface area contributed by atoms with Crippen molar-refractivity contribution in [3.63, 3.8) is 0 Å². The summed E-state index contributed by atoms with van der Waals surface area (Å²) in [7, 11) is 1.48. The fourth-order valence-corrected chi connectivity index (χ4v) is 3.00. The van der Waals surface area contributed by atoms with Crippen molar-refractivity contribution in [2.75, 3.05) is 31.7 Å². The Labute approximate surface area is 109 Å². The highest BCUT2D eigenvalue weighted by molar-refractivity contribution is 7.99. The number of hydrogen-bond acceptors (Lipinski definition) is 4. The highest BCUT2D eigenvalue weighted by Gasteiger charge is 2.24. The van der Waals surface area contributed by atoms with Gasteiger partial charge in [0.25, 0.3) is 0 Å². The molecule has 0 aliphatic carbocycles. The Morgan fingerprint density at radius 1 is 1.47 bits per heavy atom. The second kappa shape index (κ2) is 8.81. The van der Waals surface area contributed by atoms with Crippen LogP contribution in [0.15, 0.2) is 0 Å². The molecular formula is C13H25NO2S. The minimum absolute atomic E-state index is 0.0650. The first kappa shape index (κ1) is 14.8. The summed E-state index contributed by atoms with van der Waals surface area (Å²) in [5.41, 5.74) is 0. The van der Waals surface area contributed by atoms with Crippen molar-refractivity contribution >= 4 is 17.7 Å². The monoisotopic (exact) mass is 259 g/mol. The zero-order chi connectivity index (χ0) is 12.5. The third-order valence-electron chi connectivity index (χ3n) is 3.32. The summed E-state index contributed by atoms with van der Waals surface area (Å²) in [5, 5.41) is 0. The molecule has 0 aromatic rings. The van der Waals surface area contributed by atoms with E-state index in [-0.39, 0.29) is 5.97 Å². The Hall–Kier alpha value is -0.220. The number of hydrogen-bond donors (Lipinski definition) is 0. The minimum atomic E-state index is -0.0650. The van der Waals surface area contributed by atoms with Crippen LogP contribution < -0.4 is 0 Å². The zero-order valence-electron chi connectivity index (χ0n) is 11.1. The number of likely N-dealkylation sites (tertiary alicyclic amines) is 1. The summed E-state index contributed by atoms with van der Waals surface area (Å²) in [5.74, 6) is 2.37. The van der Waals surface area contributed by atoms with E-state index in [1.165, 1.54) is 37.9 Å². The number of methoxy groups -OCH3 is 1. The molecule has 1 rings (SSSR count). The number of esters is 1. The summed E-state index contributed by atoms with van der Waals surface area (Å²) in [6, 6.07) is 0.419. The second-order valence-corrected chi connectivity index (χ2v) is 5.91. The third kappa shape index (κ3) is 5.77. The number of ether oxygens (including phenoxy) is 1. The average Bonchev–Trinajstić information content (AvgIpc) is 2.36. The van der Waals surface area contributed by atoms with E-state index in [0.29, 0.717) is 12.5 Å². The largest absolute Gasteiger partial charge is 0.469 e. The van der Waals surface area contributed by atoms with Gasteiger partial charge in [-0.25, -0.2) is 0 Å². The van der Waals surface area contributed by atoms with Crippen LogP contribution in [0.4, 0.5) is 0 Å². The van der Waals surface area contributed by atoms with E-state index in [1.807, 2.05) is 11.8 Å². The van der Waals surface area contributed by atoms with Gasteiger partial charge in [0.15, 0.2) is 0 Å². The van der Waals surface area contributed by atoms with Crippen LogP contribution >= 0.6 is 11.8 Å². The van der Waals surface area contributed by atoms with Gasteiger partial charge in [0.2, 0.25) is 0 Å². The molecule has 100 valence electrons. The highest BCUT2D eigenvalue weighted by Crippen LogP contribution is 2.20. The molecule has 1 atom stereocenters. The Morgan fingerprint density at radius 3 is 3.00 bits per heavy atom. The SMILES string of the molecule is CCSCCCN1CCCCC1CC(=O)OC. The molecule has 1 fully saturated rings. The van der Waals surface area contributed by atoms with Crippen molar-refractivity contribution in [2.24, 2.45) is 0 Å². The van der Waals surface area contributed by atoms with Gasteiger partial charge in [-0.05, 0) is 43.9 Å². The van der Waals surface area contributed by atoms with E-state index in [0.717, 1.165) is 19.5 Å². The van der Waals surface area contributed by atoms with Crippen molar-refractivity contribution in [3.8, 4) is 0 Å². The molecule has 1 saturated heterocycles. The van der Waals surface area contributed by atoms with E-state index < -0.39 is 0 Å². The molecule has 0 bridgehead atoms. The van der Waals surface area contributed by atoms with Crippen molar-refractivity contribution in [1.29, 1.82) is 0 Å². The Kier molecular flexibility index (Phi) is 7.69. The van der Waals surface area contributed by atoms with Crippen LogP contribution in [0, 0.1) is 0 Å². The van der Waals surface area contributed by atoms with Gasteiger partial charge < -0.3 is 4.74 Å². The zero-order valence-corrected chi connectivity index (χ0v) is 11.9. The van der Waals surface area contributed by atoms with Crippen LogP contribution in [0.3, 0.4) is 0 Å². The Balaban J connectivity index is 2.29. The maximum absolute atomic E-state index is 11.3. The van der Waals surface area contributed by atoms with Gasteiger partial charge in [-0.3, -0.25) is 9.69 Å². The maximum Gasteiger partial charge on any atom is 0.307 e. The van der Waals surface area contributed by atoms with Crippen LogP contribution in [0.25, 0.3) is 0 Å². The van der Waals surface area contributed by atoms with Crippen LogP contribution in [0.5, 0.6) is 0 Å². The van der Waals surface area contributed by atoms with Gasteiger partial charge in [0.05, 0.1) is 13.5 Å². The topological polar surface area (TPSA) is 29.5 Å². The molecule has 1 aliphatic rings. The molecule has 0 radical (unpaired) electrons. The van der Waals surface area contributed by atoms with Crippen LogP contribution in [0.2, 0.25) is 0 Å². The second-order valence-electron chi connectivity index (χ2n) is 4.52. The first-order valence-corrected chi connectivity index (χ1v) is 7.82. The molecular weight excluding hydrogens is 234 g/mol. The fourth-order valence-electron chi connectivity index (χ4n) is 2.38. The van der Waals surface area contributed by atoms with E-state index in [2.05, 4.69) is 11.8 Å². The van der Waals surface area contributed by atoms with E-state index in [9.17, 15) is 4.79 Å². The minimum Gasteiger partial charge on any atom is -0.469 e. The first-order chi connectivity index (χ1) is 8.27. The summed E-state index contributed by atoms with van der Waals surface area (Å²) in [4.78, 5) is 13.8. The highest BCUT2D eigenvalue weighted by atomic mass is 32.2. The average molecular weight is 259 g/mol. The lowest BCUT2D eigenvalue weighted by Crippen LogP contribution is -2.41. The van der Waals surface area contributed by atoms with Gasteiger partial charge in [0.1, 0.15) is 0 Å². The lowest BCUT2D eigenvalue weighted by atomic mass is 9.99. The predicted molar refractivity (Wildman–Crippen MR) is 73.5 cm³/mol. The van der Waals surface area contributed by atoms with Gasteiger partial charge in [-0.1, -0.05) is 13.3 Å². The normalized spacial score (nSPS) is 21.4. The summed E-state index contributed by atoms with van der Waals surface area (Å²) >= 11 is 2.00. The number of carbonyl (C=O) groups excluding carboxylic acids is 1. The molecule has 0 aromatic carbocycles. The van der Waals surface area contributed by atoms with Crippen molar-refractivity contribution in [2.45, 2.75) is 45.1 Å². The molecule has 0 saturated carbocycles. The fraction of sp³-hybridized carbons (Fsp3) is 0.923. The van der Waals surface area contributed by atoms with Crippen molar-refractivity contribution in [1.82, 2.24) is 4.90 Å². The number of piperidine rings is 1.